The molecule has 0 radical (unpaired) electrons. The Hall–Kier alpha value is -7.16. The van der Waals surface area contributed by atoms with E-state index in [0.717, 1.165) is 55.5 Å². The van der Waals surface area contributed by atoms with Crippen molar-refractivity contribution in [3.05, 3.63) is 200 Å². The zero-order valence-electron chi connectivity index (χ0n) is 29.4. The van der Waals surface area contributed by atoms with Crippen molar-refractivity contribution in [3.8, 4) is 22.3 Å². The third kappa shape index (κ3) is 4.88. The molecular weight excluding hydrogens is 655 g/mol. The molecule has 0 unspecified atom stereocenters. The van der Waals surface area contributed by atoms with Gasteiger partial charge in [0.15, 0.2) is 0 Å². The molecule has 0 aliphatic heterocycles. The lowest BCUT2D eigenvalue weighted by Crippen LogP contribution is -2.11. The number of furan rings is 1. The molecule has 0 aliphatic rings. The molecule has 0 amide bonds. The fraction of sp³-hybridized carbons (Fsp3) is 0. The van der Waals surface area contributed by atoms with E-state index in [4.69, 9.17) is 4.42 Å². The number of hydrogen-bond donors (Lipinski definition) is 0. The van der Waals surface area contributed by atoms with Crippen molar-refractivity contribution in [2.75, 3.05) is 4.90 Å². The van der Waals surface area contributed by atoms with Gasteiger partial charge in [-0.05, 0) is 97.5 Å². The minimum Gasteiger partial charge on any atom is -0.455 e. The lowest BCUT2D eigenvalue weighted by molar-refractivity contribution is 0.672. The molecule has 0 N–H and O–H groups in total. The highest BCUT2D eigenvalue weighted by Gasteiger charge is 2.21. The van der Waals surface area contributed by atoms with Crippen molar-refractivity contribution in [1.82, 2.24) is 0 Å². The van der Waals surface area contributed by atoms with Crippen molar-refractivity contribution in [2.24, 2.45) is 0 Å². The Bertz CT molecular complexity index is 3230. The summed E-state index contributed by atoms with van der Waals surface area (Å²) in [6, 6.07) is 72.4. The first-order valence-corrected chi connectivity index (χ1v) is 18.5. The van der Waals surface area contributed by atoms with Crippen molar-refractivity contribution in [2.45, 2.75) is 0 Å². The van der Waals surface area contributed by atoms with E-state index in [1.807, 2.05) is 0 Å². The summed E-state index contributed by atoms with van der Waals surface area (Å²) in [6.07, 6.45) is 0. The van der Waals surface area contributed by atoms with E-state index < -0.39 is 0 Å². The van der Waals surface area contributed by atoms with Gasteiger partial charge in [-0.3, -0.25) is 0 Å². The van der Waals surface area contributed by atoms with Crippen LogP contribution in [0.4, 0.5) is 17.1 Å². The highest BCUT2D eigenvalue weighted by molar-refractivity contribution is 6.16. The Balaban J connectivity index is 1.11. The molecule has 10 aromatic carbocycles. The third-order valence-electron chi connectivity index (χ3n) is 11.0. The molecule has 0 fully saturated rings. The van der Waals surface area contributed by atoms with E-state index in [9.17, 15) is 0 Å². The Labute approximate surface area is 312 Å². The molecule has 0 bridgehead atoms. The molecule has 0 aliphatic carbocycles. The van der Waals surface area contributed by atoms with E-state index >= 15 is 0 Å². The second-order valence-corrected chi connectivity index (χ2v) is 14.1. The van der Waals surface area contributed by atoms with Crippen molar-refractivity contribution in [1.29, 1.82) is 0 Å². The number of benzene rings is 10. The monoisotopic (exact) mass is 687 g/mol. The van der Waals surface area contributed by atoms with Crippen LogP contribution in [-0.2, 0) is 0 Å². The first-order chi connectivity index (χ1) is 26.8. The Kier molecular flexibility index (Phi) is 6.90. The summed E-state index contributed by atoms with van der Waals surface area (Å²) in [5.74, 6) is 0. The van der Waals surface area contributed by atoms with Crippen LogP contribution in [0.5, 0.6) is 0 Å². The summed E-state index contributed by atoms with van der Waals surface area (Å²) in [5, 5.41) is 12.0. The zero-order chi connectivity index (χ0) is 35.6. The normalized spacial score (nSPS) is 11.7. The molecule has 0 spiro atoms. The Morgan fingerprint density at radius 2 is 0.926 bits per heavy atom. The number of anilines is 3. The average molecular weight is 688 g/mol. The minimum absolute atomic E-state index is 0.893. The Morgan fingerprint density at radius 1 is 0.315 bits per heavy atom. The van der Waals surface area contributed by atoms with Crippen LogP contribution in [0.1, 0.15) is 0 Å². The van der Waals surface area contributed by atoms with Crippen LogP contribution in [0, 0.1) is 0 Å². The molecule has 11 aromatic rings. The van der Waals surface area contributed by atoms with Crippen LogP contribution in [0.15, 0.2) is 205 Å². The van der Waals surface area contributed by atoms with Crippen LogP contribution in [0.2, 0.25) is 0 Å². The predicted octanol–water partition coefficient (Wildman–Crippen LogP) is 15.0. The highest BCUT2D eigenvalue weighted by atomic mass is 16.3. The summed E-state index contributed by atoms with van der Waals surface area (Å²) in [4.78, 5) is 2.43. The first-order valence-electron chi connectivity index (χ1n) is 18.5. The van der Waals surface area contributed by atoms with Gasteiger partial charge < -0.3 is 9.32 Å². The fourth-order valence-electron chi connectivity index (χ4n) is 8.38. The number of fused-ring (bicyclic) bond motifs is 9. The maximum Gasteiger partial charge on any atom is 0.143 e. The fourth-order valence-corrected chi connectivity index (χ4v) is 8.38. The lowest BCUT2D eigenvalue weighted by atomic mass is 9.97. The second-order valence-electron chi connectivity index (χ2n) is 14.1. The van der Waals surface area contributed by atoms with Gasteiger partial charge in [0, 0.05) is 32.8 Å². The number of hydrogen-bond acceptors (Lipinski definition) is 2. The van der Waals surface area contributed by atoms with Gasteiger partial charge >= 0.3 is 0 Å². The van der Waals surface area contributed by atoms with E-state index in [0.29, 0.717) is 0 Å². The third-order valence-corrected chi connectivity index (χ3v) is 11.0. The number of nitrogens with zero attached hydrogens (tertiary/aromatic N) is 1. The quantitative estimate of drug-likeness (QED) is 0.168. The molecule has 0 saturated carbocycles. The molecule has 0 saturated heterocycles. The molecule has 54 heavy (non-hydrogen) atoms. The van der Waals surface area contributed by atoms with Gasteiger partial charge in [0.2, 0.25) is 0 Å². The maximum atomic E-state index is 6.52. The van der Waals surface area contributed by atoms with Gasteiger partial charge in [0.25, 0.3) is 0 Å². The van der Waals surface area contributed by atoms with Crippen molar-refractivity contribution in [3.63, 3.8) is 0 Å². The van der Waals surface area contributed by atoms with Crippen LogP contribution >= 0.6 is 0 Å². The smallest absolute Gasteiger partial charge is 0.143 e. The predicted molar refractivity (Wildman–Crippen MR) is 229 cm³/mol. The highest BCUT2D eigenvalue weighted by Crippen LogP contribution is 2.46. The van der Waals surface area contributed by atoms with Gasteiger partial charge in [0.1, 0.15) is 11.2 Å². The summed E-state index contributed by atoms with van der Waals surface area (Å²) in [5.41, 5.74) is 9.83. The topological polar surface area (TPSA) is 16.4 Å². The van der Waals surface area contributed by atoms with Crippen LogP contribution in [0.25, 0.3) is 87.3 Å². The van der Waals surface area contributed by atoms with E-state index in [2.05, 4.69) is 205 Å². The van der Waals surface area contributed by atoms with Gasteiger partial charge in [-0.15, -0.1) is 0 Å². The maximum absolute atomic E-state index is 6.52. The summed E-state index contributed by atoms with van der Waals surface area (Å²) < 4.78 is 6.52. The van der Waals surface area contributed by atoms with E-state index in [1.54, 1.807) is 0 Å². The van der Waals surface area contributed by atoms with Gasteiger partial charge in [-0.1, -0.05) is 152 Å². The summed E-state index contributed by atoms with van der Waals surface area (Å²) >= 11 is 0. The SMILES string of the molecule is c1ccc(N(c2ccc(-c3ccc4ccccc4c3)cc2)c2cccc3c2ccc2ccccc23)c(-c2ccc3oc4c5ccccc5ccc4c3c2)c1. The van der Waals surface area contributed by atoms with Crippen LogP contribution in [-0.4, -0.2) is 0 Å². The average Bonchev–Trinajstić information content (AvgIpc) is 3.63. The standard InChI is InChI=1S/C52H33NO/c1-2-13-38-32-39(21-20-34(38)10-1)35-22-27-41(28-23-35)53(50-19-9-17-45-42-14-5-3-11-36(42)24-29-46(45)50)49-18-8-7-15-43(49)40-26-31-51-48(33-40)47-30-25-37-12-4-6-16-44(37)52(47)54-51/h1-33H. The van der Waals surface area contributed by atoms with Gasteiger partial charge in [-0.2, -0.15) is 0 Å². The zero-order valence-corrected chi connectivity index (χ0v) is 29.4. The van der Waals surface area contributed by atoms with Crippen LogP contribution in [0.3, 0.4) is 0 Å². The molecule has 1 aromatic heterocycles. The van der Waals surface area contributed by atoms with E-state index in [1.165, 1.54) is 48.8 Å². The number of para-hydroxylation sites is 1. The van der Waals surface area contributed by atoms with Gasteiger partial charge in [0.05, 0.1) is 11.4 Å². The molecule has 11 rings (SSSR count). The minimum atomic E-state index is 0.893. The molecular formula is C52H33NO. The second kappa shape index (κ2) is 12.2. The van der Waals surface area contributed by atoms with E-state index in [-0.39, 0.29) is 0 Å². The Morgan fingerprint density at radius 3 is 1.78 bits per heavy atom. The molecule has 2 nitrogen and oxygen atoms in total. The molecule has 2 heteroatoms. The molecule has 0 atom stereocenters. The van der Waals surface area contributed by atoms with Crippen molar-refractivity contribution < 1.29 is 4.42 Å². The molecule has 252 valence electrons. The lowest BCUT2D eigenvalue weighted by Gasteiger charge is -2.29. The number of rotatable bonds is 5. The largest absolute Gasteiger partial charge is 0.455 e. The summed E-state index contributed by atoms with van der Waals surface area (Å²) in [7, 11) is 0. The first kappa shape index (κ1) is 30.5. The van der Waals surface area contributed by atoms with Gasteiger partial charge in [-0.25, -0.2) is 0 Å². The molecule has 1 heterocycles. The van der Waals surface area contributed by atoms with Crippen molar-refractivity contribution >= 4 is 82.1 Å². The summed E-state index contributed by atoms with van der Waals surface area (Å²) in [6.45, 7) is 0. The van der Waals surface area contributed by atoms with Crippen LogP contribution < -0.4 is 4.90 Å².